The Hall–Kier alpha value is -0.340. The molecule has 0 aliphatic heterocycles. The van der Waals surface area contributed by atoms with Crippen molar-refractivity contribution >= 4 is 0 Å². The van der Waals surface area contributed by atoms with Crippen LogP contribution in [-0.2, 0) is 0 Å². The molecule has 4 N–H and O–H groups in total. The van der Waals surface area contributed by atoms with Crippen LogP contribution < -0.4 is 11.5 Å². The lowest BCUT2D eigenvalue weighted by atomic mass is 10.2. The third-order valence-electron chi connectivity index (χ3n) is 1.26. The highest BCUT2D eigenvalue weighted by Gasteiger charge is 2.12. The van der Waals surface area contributed by atoms with E-state index in [4.69, 9.17) is 11.5 Å². The summed E-state index contributed by atoms with van der Waals surface area (Å²) < 4.78 is 0. The SMILES string of the molecule is NC1C=CCC1N. The van der Waals surface area contributed by atoms with Gasteiger partial charge in [0.1, 0.15) is 0 Å². The normalized spacial score (nSPS) is 39.7. The fourth-order valence-electron chi connectivity index (χ4n) is 0.693. The number of hydrogen-bond acceptors (Lipinski definition) is 2. The lowest BCUT2D eigenvalue weighted by molar-refractivity contribution is 0.642. The van der Waals surface area contributed by atoms with E-state index in [1.807, 2.05) is 12.2 Å². The minimum Gasteiger partial charge on any atom is -0.326 e. The molecule has 1 aliphatic carbocycles. The van der Waals surface area contributed by atoms with Crippen molar-refractivity contribution in [2.45, 2.75) is 18.5 Å². The van der Waals surface area contributed by atoms with Crippen molar-refractivity contribution in [1.29, 1.82) is 0 Å². The Morgan fingerprint density at radius 3 is 2.29 bits per heavy atom. The van der Waals surface area contributed by atoms with Crippen LogP contribution in [-0.4, -0.2) is 12.1 Å². The molecule has 0 saturated carbocycles. The van der Waals surface area contributed by atoms with Crippen molar-refractivity contribution in [3.05, 3.63) is 12.2 Å². The lowest BCUT2D eigenvalue weighted by Crippen LogP contribution is -2.36. The topological polar surface area (TPSA) is 52.0 Å². The zero-order valence-electron chi connectivity index (χ0n) is 4.17. The van der Waals surface area contributed by atoms with Crippen LogP contribution in [0.3, 0.4) is 0 Å². The summed E-state index contributed by atoms with van der Waals surface area (Å²) in [6.07, 6.45) is 4.92. The van der Waals surface area contributed by atoms with E-state index in [1.54, 1.807) is 0 Å². The standard InChI is InChI=1S/C5H10N2/c6-4-2-1-3-5(4)7/h1-2,4-5H,3,6-7H2. The summed E-state index contributed by atoms with van der Waals surface area (Å²) in [5, 5.41) is 0. The van der Waals surface area contributed by atoms with E-state index in [0.717, 1.165) is 6.42 Å². The van der Waals surface area contributed by atoms with Gasteiger partial charge in [-0.15, -0.1) is 0 Å². The van der Waals surface area contributed by atoms with Crippen molar-refractivity contribution in [2.24, 2.45) is 11.5 Å². The monoisotopic (exact) mass is 98.1 g/mol. The summed E-state index contributed by atoms with van der Waals surface area (Å²) >= 11 is 0. The third kappa shape index (κ3) is 0.813. The largest absolute Gasteiger partial charge is 0.326 e. The van der Waals surface area contributed by atoms with Gasteiger partial charge in [-0.1, -0.05) is 12.2 Å². The van der Waals surface area contributed by atoms with Gasteiger partial charge in [0.2, 0.25) is 0 Å². The summed E-state index contributed by atoms with van der Waals surface area (Å²) in [6.45, 7) is 0. The second-order valence-electron chi connectivity index (χ2n) is 1.91. The minimum atomic E-state index is 0.111. The first-order valence-corrected chi connectivity index (χ1v) is 2.48. The summed E-state index contributed by atoms with van der Waals surface area (Å²) in [4.78, 5) is 0. The Kier molecular flexibility index (Phi) is 1.13. The van der Waals surface area contributed by atoms with E-state index in [1.165, 1.54) is 0 Å². The van der Waals surface area contributed by atoms with Crippen LogP contribution in [0.4, 0.5) is 0 Å². The maximum absolute atomic E-state index is 5.49. The highest BCUT2D eigenvalue weighted by molar-refractivity contribution is 5.06. The molecule has 0 saturated heterocycles. The van der Waals surface area contributed by atoms with E-state index >= 15 is 0 Å². The second kappa shape index (κ2) is 1.64. The van der Waals surface area contributed by atoms with Crippen molar-refractivity contribution in [1.82, 2.24) is 0 Å². The van der Waals surface area contributed by atoms with Gasteiger partial charge in [-0.25, -0.2) is 0 Å². The predicted molar refractivity (Wildman–Crippen MR) is 29.7 cm³/mol. The summed E-state index contributed by atoms with van der Waals surface area (Å²) in [5.74, 6) is 0. The highest BCUT2D eigenvalue weighted by Crippen LogP contribution is 2.04. The molecule has 0 aromatic carbocycles. The molecule has 0 fully saturated rings. The van der Waals surface area contributed by atoms with Gasteiger partial charge in [-0.05, 0) is 6.42 Å². The van der Waals surface area contributed by atoms with E-state index < -0.39 is 0 Å². The lowest BCUT2D eigenvalue weighted by Gasteiger charge is -2.05. The number of nitrogens with two attached hydrogens (primary N) is 2. The van der Waals surface area contributed by atoms with Gasteiger partial charge in [0.25, 0.3) is 0 Å². The Bertz CT molecular complexity index is 88.1. The summed E-state index contributed by atoms with van der Waals surface area (Å²) in [5.41, 5.74) is 11.0. The van der Waals surface area contributed by atoms with Gasteiger partial charge in [0.05, 0.1) is 0 Å². The van der Waals surface area contributed by atoms with Gasteiger partial charge in [-0.2, -0.15) is 0 Å². The first-order valence-electron chi connectivity index (χ1n) is 2.48. The van der Waals surface area contributed by atoms with Crippen LogP contribution in [0.5, 0.6) is 0 Å². The molecule has 0 aromatic heterocycles. The van der Waals surface area contributed by atoms with Gasteiger partial charge in [-0.3, -0.25) is 0 Å². The van der Waals surface area contributed by atoms with Gasteiger partial charge in [0, 0.05) is 12.1 Å². The molecule has 2 atom stereocenters. The van der Waals surface area contributed by atoms with Crippen molar-refractivity contribution in [2.75, 3.05) is 0 Å². The van der Waals surface area contributed by atoms with Crippen LogP contribution in [0.2, 0.25) is 0 Å². The molecule has 7 heavy (non-hydrogen) atoms. The molecule has 0 amide bonds. The fourth-order valence-corrected chi connectivity index (χ4v) is 0.693. The van der Waals surface area contributed by atoms with Gasteiger partial charge in [0.15, 0.2) is 0 Å². The molecular formula is C5H10N2. The fraction of sp³-hybridized carbons (Fsp3) is 0.600. The van der Waals surface area contributed by atoms with Crippen LogP contribution in [0.1, 0.15) is 6.42 Å². The molecule has 1 aliphatic rings. The Balaban J connectivity index is 2.45. The Morgan fingerprint density at radius 1 is 1.43 bits per heavy atom. The van der Waals surface area contributed by atoms with Crippen LogP contribution in [0, 0.1) is 0 Å². The molecule has 1 rings (SSSR count). The molecule has 0 radical (unpaired) electrons. The van der Waals surface area contributed by atoms with Gasteiger partial charge >= 0.3 is 0 Å². The van der Waals surface area contributed by atoms with Crippen LogP contribution in [0.15, 0.2) is 12.2 Å². The zero-order chi connectivity index (χ0) is 5.28. The second-order valence-corrected chi connectivity index (χ2v) is 1.91. The summed E-state index contributed by atoms with van der Waals surface area (Å²) in [6, 6.07) is 0.292. The average molecular weight is 98.1 g/mol. The Morgan fingerprint density at radius 2 is 2.14 bits per heavy atom. The molecule has 2 nitrogen and oxygen atoms in total. The maximum Gasteiger partial charge on any atom is 0.0381 e. The number of hydrogen-bond donors (Lipinski definition) is 2. The highest BCUT2D eigenvalue weighted by atomic mass is 14.8. The first-order chi connectivity index (χ1) is 3.30. The third-order valence-corrected chi connectivity index (χ3v) is 1.26. The molecule has 0 aromatic rings. The molecule has 2 heteroatoms. The molecular weight excluding hydrogens is 88.1 g/mol. The molecule has 2 unspecified atom stereocenters. The maximum atomic E-state index is 5.49. The predicted octanol–water partition coefficient (Wildman–Crippen LogP) is -0.399. The van der Waals surface area contributed by atoms with E-state index in [9.17, 15) is 0 Å². The average Bonchev–Trinajstić information content (AvgIpc) is 1.91. The van der Waals surface area contributed by atoms with Crippen molar-refractivity contribution < 1.29 is 0 Å². The van der Waals surface area contributed by atoms with E-state index in [-0.39, 0.29) is 12.1 Å². The molecule has 0 bridgehead atoms. The first kappa shape index (κ1) is 4.81. The van der Waals surface area contributed by atoms with Crippen LogP contribution in [0.25, 0.3) is 0 Å². The molecule has 0 spiro atoms. The van der Waals surface area contributed by atoms with E-state index in [0.29, 0.717) is 0 Å². The molecule has 0 heterocycles. The van der Waals surface area contributed by atoms with Crippen molar-refractivity contribution in [3.63, 3.8) is 0 Å². The van der Waals surface area contributed by atoms with E-state index in [2.05, 4.69) is 0 Å². The summed E-state index contributed by atoms with van der Waals surface area (Å²) in [7, 11) is 0. The van der Waals surface area contributed by atoms with Gasteiger partial charge < -0.3 is 11.5 Å². The quantitative estimate of drug-likeness (QED) is 0.405. The molecule has 40 valence electrons. The Labute approximate surface area is 43.2 Å². The zero-order valence-corrected chi connectivity index (χ0v) is 4.17. The number of rotatable bonds is 0. The van der Waals surface area contributed by atoms with Crippen LogP contribution >= 0.6 is 0 Å². The smallest absolute Gasteiger partial charge is 0.0381 e. The van der Waals surface area contributed by atoms with Crippen molar-refractivity contribution in [3.8, 4) is 0 Å². The minimum absolute atomic E-state index is 0.111.